The van der Waals surface area contributed by atoms with Crippen molar-refractivity contribution < 1.29 is 12.8 Å². The monoisotopic (exact) mass is 278 g/mol. The van der Waals surface area contributed by atoms with E-state index in [0.717, 1.165) is 11.1 Å². The van der Waals surface area contributed by atoms with Gasteiger partial charge in [-0.3, -0.25) is 0 Å². The van der Waals surface area contributed by atoms with Gasteiger partial charge in [-0.15, -0.1) is 0 Å². The molecule has 2 nitrogen and oxygen atoms in total. The summed E-state index contributed by atoms with van der Waals surface area (Å²) in [5.41, 5.74) is 1.96. The summed E-state index contributed by atoms with van der Waals surface area (Å²) in [6.45, 7) is 1.91. The van der Waals surface area contributed by atoms with Crippen LogP contribution >= 0.6 is 0 Å². The molecule has 0 bridgehead atoms. The van der Waals surface area contributed by atoms with Crippen LogP contribution < -0.4 is 0 Å². The lowest BCUT2D eigenvalue weighted by molar-refractivity contribution is 0.586. The fourth-order valence-corrected chi connectivity index (χ4v) is 3.46. The van der Waals surface area contributed by atoms with Crippen LogP contribution in [0, 0.1) is 12.7 Å². The molecule has 2 aromatic rings. The number of benzene rings is 2. The number of hydrogen-bond acceptors (Lipinski definition) is 2. The van der Waals surface area contributed by atoms with Crippen molar-refractivity contribution >= 4 is 9.84 Å². The van der Waals surface area contributed by atoms with Crippen LogP contribution in [0.15, 0.2) is 48.5 Å². The molecular weight excluding hydrogens is 263 g/mol. The van der Waals surface area contributed by atoms with Crippen LogP contribution in [0.4, 0.5) is 4.39 Å². The summed E-state index contributed by atoms with van der Waals surface area (Å²) in [6.07, 6.45) is 0. The first-order chi connectivity index (χ1) is 8.96. The molecule has 0 fully saturated rings. The highest BCUT2D eigenvalue weighted by molar-refractivity contribution is 7.89. The second-order valence-electron chi connectivity index (χ2n) is 4.61. The van der Waals surface area contributed by atoms with E-state index < -0.39 is 15.7 Å². The van der Waals surface area contributed by atoms with Gasteiger partial charge >= 0.3 is 0 Å². The van der Waals surface area contributed by atoms with Gasteiger partial charge in [-0.2, -0.15) is 0 Å². The van der Waals surface area contributed by atoms with Crippen molar-refractivity contribution in [3.8, 4) is 0 Å². The largest absolute Gasteiger partial charge is 0.228 e. The summed E-state index contributed by atoms with van der Waals surface area (Å²) in [6, 6.07) is 13.3. The zero-order valence-electron chi connectivity index (χ0n) is 10.6. The summed E-state index contributed by atoms with van der Waals surface area (Å²) in [4.78, 5) is 0. The molecule has 0 atom stereocenters. The molecule has 0 saturated carbocycles. The Morgan fingerprint density at radius 1 is 1.00 bits per heavy atom. The Morgan fingerprint density at radius 2 is 1.74 bits per heavy atom. The van der Waals surface area contributed by atoms with Gasteiger partial charge in [-0.25, -0.2) is 12.8 Å². The molecule has 0 aliphatic rings. The van der Waals surface area contributed by atoms with Gasteiger partial charge in [0.1, 0.15) is 5.82 Å². The summed E-state index contributed by atoms with van der Waals surface area (Å²) in [5, 5.41) is 0. The summed E-state index contributed by atoms with van der Waals surface area (Å²) < 4.78 is 37.6. The minimum absolute atomic E-state index is 0.0665. The highest BCUT2D eigenvalue weighted by atomic mass is 32.2. The first-order valence-electron chi connectivity index (χ1n) is 5.96. The third-order valence-corrected chi connectivity index (χ3v) is 4.33. The van der Waals surface area contributed by atoms with Crippen LogP contribution in [0.3, 0.4) is 0 Å². The maximum Gasteiger partial charge on any atom is 0.158 e. The second-order valence-corrected chi connectivity index (χ2v) is 6.68. The molecule has 4 heteroatoms. The van der Waals surface area contributed by atoms with E-state index in [4.69, 9.17) is 0 Å². The SMILES string of the molecule is Cc1cccc(CS(=O)(=O)Cc2ccccc2F)c1. The maximum absolute atomic E-state index is 13.5. The Kier molecular flexibility index (Phi) is 4.00. The van der Waals surface area contributed by atoms with Gasteiger partial charge in [0.05, 0.1) is 11.5 Å². The van der Waals surface area contributed by atoms with Gasteiger partial charge in [0.2, 0.25) is 0 Å². The van der Waals surface area contributed by atoms with Crippen LogP contribution in [-0.2, 0) is 21.3 Å². The van der Waals surface area contributed by atoms with Crippen LogP contribution in [0.1, 0.15) is 16.7 Å². The zero-order chi connectivity index (χ0) is 13.9. The summed E-state index contributed by atoms with van der Waals surface area (Å²) >= 11 is 0. The predicted molar refractivity (Wildman–Crippen MR) is 73.9 cm³/mol. The molecule has 0 unspecified atom stereocenters. The molecule has 19 heavy (non-hydrogen) atoms. The molecule has 100 valence electrons. The van der Waals surface area contributed by atoms with Gasteiger partial charge in [0, 0.05) is 5.56 Å². The quantitative estimate of drug-likeness (QED) is 0.860. The number of halogens is 1. The zero-order valence-corrected chi connectivity index (χ0v) is 11.5. The number of rotatable bonds is 4. The minimum atomic E-state index is -3.37. The van der Waals surface area contributed by atoms with E-state index in [1.165, 1.54) is 12.1 Å². The normalized spacial score (nSPS) is 11.5. The molecule has 0 amide bonds. The second kappa shape index (κ2) is 5.53. The van der Waals surface area contributed by atoms with Gasteiger partial charge in [-0.05, 0) is 18.6 Å². The van der Waals surface area contributed by atoms with E-state index in [9.17, 15) is 12.8 Å². The van der Waals surface area contributed by atoms with E-state index in [1.807, 2.05) is 25.1 Å². The first kappa shape index (κ1) is 13.7. The van der Waals surface area contributed by atoms with E-state index in [1.54, 1.807) is 18.2 Å². The molecule has 0 aliphatic heterocycles. The van der Waals surface area contributed by atoms with E-state index in [0.29, 0.717) is 0 Å². The molecule has 0 N–H and O–H groups in total. The van der Waals surface area contributed by atoms with Gasteiger partial charge in [0.25, 0.3) is 0 Å². The molecule has 2 aromatic carbocycles. The maximum atomic E-state index is 13.5. The molecule has 0 aromatic heterocycles. The Morgan fingerprint density at radius 3 is 2.42 bits per heavy atom. The predicted octanol–water partition coefficient (Wildman–Crippen LogP) is 3.25. The van der Waals surface area contributed by atoms with Crippen LogP contribution in [0.5, 0.6) is 0 Å². The third-order valence-electron chi connectivity index (χ3n) is 2.80. The van der Waals surface area contributed by atoms with Crippen molar-refractivity contribution in [1.82, 2.24) is 0 Å². The number of aryl methyl sites for hydroxylation is 1. The first-order valence-corrected chi connectivity index (χ1v) is 7.78. The average molecular weight is 278 g/mol. The highest BCUT2D eigenvalue weighted by Gasteiger charge is 2.15. The van der Waals surface area contributed by atoms with Crippen molar-refractivity contribution in [2.24, 2.45) is 0 Å². The van der Waals surface area contributed by atoms with Crippen LogP contribution in [0.25, 0.3) is 0 Å². The topological polar surface area (TPSA) is 34.1 Å². The molecule has 2 rings (SSSR count). The summed E-state index contributed by atoms with van der Waals surface area (Å²) in [5.74, 6) is -0.813. The van der Waals surface area contributed by atoms with Gasteiger partial charge < -0.3 is 0 Å². The molecule has 0 heterocycles. The number of hydrogen-bond donors (Lipinski definition) is 0. The fraction of sp³-hybridized carbons (Fsp3) is 0.200. The standard InChI is InChI=1S/C15H15FO2S/c1-12-5-4-6-13(9-12)10-19(17,18)11-14-7-2-3-8-15(14)16/h2-9H,10-11H2,1H3. The van der Waals surface area contributed by atoms with Crippen LogP contribution in [0.2, 0.25) is 0 Å². The fourth-order valence-electron chi connectivity index (χ4n) is 1.96. The van der Waals surface area contributed by atoms with Crippen molar-refractivity contribution in [2.45, 2.75) is 18.4 Å². The molecular formula is C15H15FO2S. The summed E-state index contributed by atoms with van der Waals surface area (Å²) in [7, 11) is -3.37. The molecule has 0 saturated heterocycles. The Labute approximate surface area is 112 Å². The minimum Gasteiger partial charge on any atom is -0.228 e. The van der Waals surface area contributed by atoms with Gasteiger partial charge in [-0.1, -0.05) is 48.0 Å². The number of sulfone groups is 1. The Balaban J connectivity index is 2.18. The lowest BCUT2D eigenvalue weighted by Crippen LogP contribution is -2.09. The highest BCUT2D eigenvalue weighted by Crippen LogP contribution is 2.15. The lowest BCUT2D eigenvalue weighted by Gasteiger charge is -2.06. The van der Waals surface area contributed by atoms with Crippen molar-refractivity contribution in [3.05, 3.63) is 71.0 Å². The van der Waals surface area contributed by atoms with E-state index in [2.05, 4.69) is 0 Å². The molecule has 0 aliphatic carbocycles. The Bertz CT molecular complexity index is 678. The molecule has 0 spiro atoms. The molecule has 0 radical (unpaired) electrons. The van der Waals surface area contributed by atoms with E-state index >= 15 is 0 Å². The van der Waals surface area contributed by atoms with Crippen molar-refractivity contribution in [1.29, 1.82) is 0 Å². The smallest absolute Gasteiger partial charge is 0.158 e. The van der Waals surface area contributed by atoms with Crippen LogP contribution in [-0.4, -0.2) is 8.42 Å². The average Bonchev–Trinajstić information content (AvgIpc) is 2.31. The van der Waals surface area contributed by atoms with E-state index in [-0.39, 0.29) is 17.1 Å². The van der Waals surface area contributed by atoms with Crippen molar-refractivity contribution in [2.75, 3.05) is 0 Å². The van der Waals surface area contributed by atoms with Gasteiger partial charge in [0.15, 0.2) is 9.84 Å². The Hall–Kier alpha value is -1.68. The van der Waals surface area contributed by atoms with Crippen molar-refractivity contribution in [3.63, 3.8) is 0 Å². The lowest BCUT2D eigenvalue weighted by atomic mass is 10.2. The third kappa shape index (κ3) is 3.89.